The second-order valence-corrected chi connectivity index (χ2v) is 5.15. The number of amides is 1. The SMILES string of the molecule is O=C(Nc1cccc(-n2cccc2)c1)C1CCNCC1. The van der Waals surface area contributed by atoms with Crippen molar-refractivity contribution in [1.82, 2.24) is 9.88 Å². The molecule has 1 aromatic carbocycles. The van der Waals surface area contributed by atoms with Crippen LogP contribution in [0.15, 0.2) is 48.8 Å². The molecule has 0 atom stereocenters. The van der Waals surface area contributed by atoms with Gasteiger partial charge in [-0.25, -0.2) is 0 Å². The number of aromatic nitrogens is 1. The normalized spacial score (nSPS) is 16.0. The average molecular weight is 269 g/mol. The Morgan fingerprint density at radius 3 is 2.65 bits per heavy atom. The maximum atomic E-state index is 12.2. The van der Waals surface area contributed by atoms with Crippen molar-refractivity contribution in [3.05, 3.63) is 48.8 Å². The zero-order valence-electron chi connectivity index (χ0n) is 11.4. The molecule has 1 fully saturated rings. The van der Waals surface area contributed by atoms with Gasteiger partial charge in [-0.3, -0.25) is 4.79 Å². The van der Waals surface area contributed by atoms with Crippen LogP contribution in [0.4, 0.5) is 5.69 Å². The summed E-state index contributed by atoms with van der Waals surface area (Å²) in [6.07, 6.45) is 5.83. The van der Waals surface area contributed by atoms with Crippen LogP contribution in [0.5, 0.6) is 0 Å². The van der Waals surface area contributed by atoms with E-state index in [2.05, 4.69) is 10.6 Å². The minimum absolute atomic E-state index is 0.131. The van der Waals surface area contributed by atoms with Crippen molar-refractivity contribution in [1.29, 1.82) is 0 Å². The second-order valence-electron chi connectivity index (χ2n) is 5.15. The molecule has 1 aliphatic rings. The molecule has 0 unspecified atom stereocenters. The Hall–Kier alpha value is -2.07. The molecule has 0 spiro atoms. The van der Waals surface area contributed by atoms with E-state index in [-0.39, 0.29) is 11.8 Å². The number of hydrogen-bond donors (Lipinski definition) is 2. The van der Waals surface area contributed by atoms with Crippen LogP contribution >= 0.6 is 0 Å². The zero-order chi connectivity index (χ0) is 13.8. The van der Waals surface area contributed by atoms with E-state index < -0.39 is 0 Å². The smallest absolute Gasteiger partial charge is 0.227 e. The lowest BCUT2D eigenvalue weighted by Gasteiger charge is -2.21. The molecule has 4 heteroatoms. The van der Waals surface area contributed by atoms with Gasteiger partial charge in [0.25, 0.3) is 0 Å². The lowest BCUT2D eigenvalue weighted by molar-refractivity contribution is -0.120. The fraction of sp³-hybridized carbons (Fsp3) is 0.312. The van der Waals surface area contributed by atoms with Gasteiger partial charge in [-0.2, -0.15) is 0 Å². The molecular formula is C16H19N3O. The largest absolute Gasteiger partial charge is 0.326 e. The minimum atomic E-state index is 0.131. The molecule has 20 heavy (non-hydrogen) atoms. The van der Waals surface area contributed by atoms with Crippen molar-refractivity contribution in [3.63, 3.8) is 0 Å². The van der Waals surface area contributed by atoms with Crippen molar-refractivity contribution >= 4 is 11.6 Å². The maximum Gasteiger partial charge on any atom is 0.227 e. The maximum absolute atomic E-state index is 12.2. The van der Waals surface area contributed by atoms with E-state index in [0.29, 0.717) is 0 Å². The Labute approximate surface area is 118 Å². The molecule has 2 heterocycles. The van der Waals surface area contributed by atoms with Gasteiger partial charge in [0.05, 0.1) is 0 Å². The first-order chi connectivity index (χ1) is 9.83. The highest BCUT2D eigenvalue weighted by molar-refractivity contribution is 5.92. The van der Waals surface area contributed by atoms with Gasteiger partial charge in [-0.1, -0.05) is 6.07 Å². The molecule has 4 nitrogen and oxygen atoms in total. The lowest BCUT2D eigenvalue weighted by Crippen LogP contribution is -2.34. The predicted molar refractivity (Wildman–Crippen MR) is 80.0 cm³/mol. The molecule has 2 aromatic rings. The Morgan fingerprint density at radius 1 is 1.15 bits per heavy atom. The van der Waals surface area contributed by atoms with Crippen molar-refractivity contribution in [2.45, 2.75) is 12.8 Å². The molecule has 2 N–H and O–H groups in total. The highest BCUT2D eigenvalue weighted by Gasteiger charge is 2.20. The third-order valence-corrected chi connectivity index (χ3v) is 3.73. The third-order valence-electron chi connectivity index (χ3n) is 3.73. The monoisotopic (exact) mass is 269 g/mol. The molecular weight excluding hydrogens is 250 g/mol. The van der Waals surface area contributed by atoms with Gasteiger partial charge in [0.2, 0.25) is 5.91 Å². The van der Waals surface area contributed by atoms with Crippen LogP contribution in [0.3, 0.4) is 0 Å². The van der Waals surface area contributed by atoms with Crippen LogP contribution in [0.25, 0.3) is 5.69 Å². The summed E-state index contributed by atoms with van der Waals surface area (Å²) in [5.41, 5.74) is 1.91. The summed E-state index contributed by atoms with van der Waals surface area (Å²) in [5.74, 6) is 0.266. The van der Waals surface area contributed by atoms with Gasteiger partial charge in [0.15, 0.2) is 0 Å². The van der Waals surface area contributed by atoms with Gasteiger partial charge in [0.1, 0.15) is 0 Å². The number of piperidine rings is 1. The number of carbonyl (C=O) groups excluding carboxylic acids is 1. The first kappa shape index (κ1) is 12.9. The van der Waals surface area contributed by atoms with Gasteiger partial charge >= 0.3 is 0 Å². The summed E-state index contributed by atoms with van der Waals surface area (Å²) in [4.78, 5) is 12.2. The summed E-state index contributed by atoms with van der Waals surface area (Å²) in [5, 5.41) is 6.31. The molecule has 104 valence electrons. The van der Waals surface area contributed by atoms with Crippen LogP contribution in [0, 0.1) is 5.92 Å². The fourth-order valence-electron chi connectivity index (χ4n) is 2.58. The van der Waals surface area contributed by atoms with Crippen molar-refractivity contribution in [2.75, 3.05) is 18.4 Å². The number of nitrogens with one attached hydrogen (secondary N) is 2. The standard InChI is InChI=1S/C16H19N3O/c20-16(13-6-8-17-9-7-13)18-14-4-3-5-15(12-14)19-10-1-2-11-19/h1-5,10-13,17H,6-9H2,(H,18,20). The topological polar surface area (TPSA) is 46.1 Å². The van der Waals surface area contributed by atoms with Crippen molar-refractivity contribution in [2.24, 2.45) is 5.92 Å². The number of hydrogen-bond acceptors (Lipinski definition) is 2. The van der Waals surface area contributed by atoms with E-state index in [1.165, 1.54) is 0 Å². The Balaban J connectivity index is 1.71. The summed E-state index contributed by atoms with van der Waals surface area (Å²) in [7, 11) is 0. The van der Waals surface area contributed by atoms with E-state index in [9.17, 15) is 4.79 Å². The number of carbonyl (C=O) groups is 1. The molecule has 0 bridgehead atoms. The second kappa shape index (κ2) is 5.92. The van der Waals surface area contributed by atoms with E-state index in [0.717, 1.165) is 37.3 Å². The number of benzene rings is 1. The van der Waals surface area contributed by atoms with E-state index in [1.54, 1.807) is 0 Å². The van der Waals surface area contributed by atoms with E-state index in [1.807, 2.05) is 53.4 Å². The van der Waals surface area contributed by atoms with Crippen LogP contribution in [-0.2, 0) is 4.79 Å². The van der Waals surface area contributed by atoms with E-state index >= 15 is 0 Å². The van der Waals surface area contributed by atoms with Crippen LogP contribution in [0.1, 0.15) is 12.8 Å². The first-order valence-corrected chi connectivity index (χ1v) is 7.08. The third kappa shape index (κ3) is 2.91. The van der Waals surface area contributed by atoms with E-state index in [4.69, 9.17) is 0 Å². The average Bonchev–Trinajstić information content (AvgIpc) is 3.03. The highest BCUT2D eigenvalue weighted by atomic mass is 16.1. The van der Waals surface area contributed by atoms with Gasteiger partial charge in [0, 0.05) is 29.7 Å². The molecule has 1 saturated heterocycles. The highest BCUT2D eigenvalue weighted by Crippen LogP contribution is 2.18. The molecule has 1 amide bonds. The minimum Gasteiger partial charge on any atom is -0.326 e. The van der Waals surface area contributed by atoms with Crippen molar-refractivity contribution < 1.29 is 4.79 Å². The Kier molecular flexibility index (Phi) is 3.83. The Bertz CT molecular complexity index is 571. The van der Waals surface area contributed by atoms with Crippen LogP contribution < -0.4 is 10.6 Å². The van der Waals surface area contributed by atoms with Gasteiger partial charge in [-0.05, 0) is 56.3 Å². The molecule has 1 aromatic heterocycles. The van der Waals surface area contributed by atoms with Gasteiger partial charge in [-0.15, -0.1) is 0 Å². The first-order valence-electron chi connectivity index (χ1n) is 7.08. The summed E-state index contributed by atoms with van der Waals surface area (Å²) < 4.78 is 2.03. The summed E-state index contributed by atoms with van der Waals surface area (Å²) in [6, 6.07) is 11.9. The molecule has 3 rings (SSSR count). The summed E-state index contributed by atoms with van der Waals surface area (Å²) >= 11 is 0. The molecule has 0 radical (unpaired) electrons. The van der Waals surface area contributed by atoms with Crippen LogP contribution in [0.2, 0.25) is 0 Å². The van der Waals surface area contributed by atoms with Crippen molar-refractivity contribution in [3.8, 4) is 5.69 Å². The molecule has 0 saturated carbocycles. The fourth-order valence-corrected chi connectivity index (χ4v) is 2.58. The summed E-state index contributed by atoms with van der Waals surface area (Å²) in [6.45, 7) is 1.86. The molecule has 1 aliphatic heterocycles. The quantitative estimate of drug-likeness (QED) is 0.899. The molecule has 0 aliphatic carbocycles. The zero-order valence-corrected chi connectivity index (χ0v) is 11.4. The number of nitrogens with zero attached hydrogens (tertiary/aromatic N) is 1. The Morgan fingerprint density at radius 2 is 1.90 bits per heavy atom. The number of anilines is 1. The van der Waals surface area contributed by atoms with Crippen LogP contribution in [-0.4, -0.2) is 23.6 Å². The number of rotatable bonds is 3. The lowest BCUT2D eigenvalue weighted by atomic mass is 9.97. The predicted octanol–water partition coefficient (Wildman–Crippen LogP) is 2.42. The van der Waals surface area contributed by atoms with Gasteiger partial charge < -0.3 is 15.2 Å².